The predicted molar refractivity (Wildman–Crippen MR) is 82.1 cm³/mol. The lowest BCUT2D eigenvalue weighted by Gasteiger charge is -2.17. The van der Waals surface area contributed by atoms with Crippen LogP contribution in [0.4, 0.5) is 0 Å². The standard InChI is InChI=1S/C14H20ClN3S/c1-5-16-12(14-13(15)9(2)8-19-14)7-11-6-10(3)17-18(11)4/h6,8,12,16H,5,7H2,1-4H3. The Bertz CT molecular complexity index is 559. The Morgan fingerprint density at radius 2 is 2.21 bits per heavy atom. The first-order valence-electron chi connectivity index (χ1n) is 6.49. The summed E-state index contributed by atoms with van der Waals surface area (Å²) < 4.78 is 1.95. The van der Waals surface area contributed by atoms with Crippen LogP contribution in [0.2, 0.25) is 5.02 Å². The van der Waals surface area contributed by atoms with Gasteiger partial charge >= 0.3 is 0 Å². The molecule has 2 rings (SSSR count). The minimum Gasteiger partial charge on any atom is -0.309 e. The number of nitrogens with zero attached hydrogens (tertiary/aromatic N) is 2. The quantitative estimate of drug-likeness (QED) is 0.913. The van der Waals surface area contributed by atoms with Crippen molar-refractivity contribution >= 4 is 22.9 Å². The monoisotopic (exact) mass is 297 g/mol. The van der Waals surface area contributed by atoms with E-state index in [0.29, 0.717) is 0 Å². The maximum atomic E-state index is 6.40. The van der Waals surface area contributed by atoms with Gasteiger partial charge in [-0.2, -0.15) is 5.10 Å². The molecule has 1 N–H and O–H groups in total. The number of rotatable bonds is 5. The summed E-state index contributed by atoms with van der Waals surface area (Å²) in [7, 11) is 1.99. The first-order chi connectivity index (χ1) is 9.02. The van der Waals surface area contributed by atoms with Crippen molar-refractivity contribution in [2.24, 2.45) is 7.05 Å². The van der Waals surface area contributed by atoms with Gasteiger partial charge in [-0.15, -0.1) is 11.3 Å². The van der Waals surface area contributed by atoms with Crippen molar-refractivity contribution in [1.82, 2.24) is 15.1 Å². The van der Waals surface area contributed by atoms with Gasteiger partial charge in [0.1, 0.15) is 0 Å². The van der Waals surface area contributed by atoms with E-state index >= 15 is 0 Å². The van der Waals surface area contributed by atoms with Crippen LogP contribution in [0.15, 0.2) is 11.4 Å². The number of halogens is 1. The van der Waals surface area contributed by atoms with Crippen molar-refractivity contribution in [2.75, 3.05) is 6.54 Å². The second kappa shape index (κ2) is 6.07. The molecule has 0 spiro atoms. The van der Waals surface area contributed by atoms with E-state index in [1.807, 2.05) is 18.7 Å². The lowest BCUT2D eigenvalue weighted by molar-refractivity contribution is 0.536. The van der Waals surface area contributed by atoms with E-state index in [9.17, 15) is 0 Å². The fraction of sp³-hybridized carbons (Fsp3) is 0.500. The van der Waals surface area contributed by atoms with Crippen LogP contribution >= 0.6 is 22.9 Å². The van der Waals surface area contributed by atoms with Crippen LogP contribution < -0.4 is 5.32 Å². The first-order valence-corrected chi connectivity index (χ1v) is 7.75. The molecule has 104 valence electrons. The lowest BCUT2D eigenvalue weighted by Crippen LogP contribution is -2.23. The van der Waals surface area contributed by atoms with Gasteiger partial charge in [-0.05, 0) is 37.4 Å². The van der Waals surface area contributed by atoms with Crippen LogP contribution in [0.5, 0.6) is 0 Å². The molecule has 2 heterocycles. The van der Waals surface area contributed by atoms with Crippen molar-refractivity contribution in [2.45, 2.75) is 33.2 Å². The van der Waals surface area contributed by atoms with Crippen molar-refractivity contribution in [3.8, 4) is 0 Å². The third-order valence-electron chi connectivity index (χ3n) is 3.20. The molecule has 1 atom stereocenters. The topological polar surface area (TPSA) is 29.9 Å². The molecule has 0 saturated carbocycles. The van der Waals surface area contributed by atoms with Crippen LogP contribution in [-0.4, -0.2) is 16.3 Å². The molecule has 0 saturated heterocycles. The molecule has 0 aliphatic carbocycles. The van der Waals surface area contributed by atoms with Crippen molar-refractivity contribution < 1.29 is 0 Å². The van der Waals surface area contributed by atoms with E-state index in [1.165, 1.54) is 10.6 Å². The third kappa shape index (κ3) is 3.19. The minimum absolute atomic E-state index is 0.256. The maximum absolute atomic E-state index is 6.40. The Labute approximate surface area is 123 Å². The van der Waals surface area contributed by atoms with E-state index in [4.69, 9.17) is 11.6 Å². The lowest BCUT2D eigenvalue weighted by atomic mass is 10.1. The highest BCUT2D eigenvalue weighted by molar-refractivity contribution is 7.10. The zero-order valence-electron chi connectivity index (χ0n) is 11.8. The Morgan fingerprint density at radius 3 is 2.68 bits per heavy atom. The molecule has 2 aromatic rings. The van der Waals surface area contributed by atoms with Gasteiger partial charge in [0, 0.05) is 30.1 Å². The number of nitrogens with one attached hydrogen (secondary N) is 1. The van der Waals surface area contributed by atoms with Crippen LogP contribution in [0.3, 0.4) is 0 Å². The number of thiophene rings is 1. The zero-order valence-corrected chi connectivity index (χ0v) is 13.4. The highest BCUT2D eigenvalue weighted by atomic mass is 35.5. The van der Waals surface area contributed by atoms with Gasteiger partial charge in [0.15, 0.2) is 0 Å². The van der Waals surface area contributed by atoms with Gasteiger partial charge < -0.3 is 5.32 Å². The number of aromatic nitrogens is 2. The summed E-state index contributed by atoms with van der Waals surface area (Å²) in [5, 5.41) is 10.9. The highest BCUT2D eigenvalue weighted by Gasteiger charge is 2.19. The molecule has 2 aromatic heterocycles. The normalized spacial score (nSPS) is 12.9. The summed E-state index contributed by atoms with van der Waals surface area (Å²) in [5.41, 5.74) is 3.44. The summed E-state index contributed by atoms with van der Waals surface area (Å²) in [6.45, 7) is 7.12. The van der Waals surface area contributed by atoms with Crippen LogP contribution in [0, 0.1) is 13.8 Å². The van der Waals surface area contributed by atoms with Crippen molar-refractivity contribution in [3.05, 3.63) is 38.3 Å². The molecule has 19 heavy (non-hydrogen) atoms. The molecule has 0 aliphatic rings. The van der Waals surface area contributed by atoms with E-state index in [0.717, 1.165) is 29.2 Å². The van der Waals surface area contributed by atoms with Gasteiger partial charge in [-0.25, -0.2) is 0 Å². The minimum atomic E-state index is 0.256. The molecular formula is C14H20ClN3S. The summed E-state index contributed by atoms with van der Waals surface area (Å²) >= 11 is 8.13. The summed E-state index contributed by atoms with van der Waals surface area (Å²) in [5.74, 6) is 0. The number of likely N-dealkylation sites (N-methyl/N-ethyl adjacent to an activating group) is 1. The van der Waals surface area contributed by atoms with Crippen molar-refractivity contribution in [1.29, 1.82) is 0 Å². The zero-order chi connectivity index (χ0) is 14.0. The second-order valence-corrected chi connectivity index (χ2v) is 6.10. The third-order valence-corrected chi connectivity index (χ3v) is 5.03. The number of hydrogen-bond acceptors (Lipinski definition) is 3. The Kier molecular flexibility index (Phi) is 4.66. The van der Waals surface area contributed by atoms with Crippen LogP contribution in [0.1, 0.15) is 34.8 Å². The average Bonchev–Trinajstić information content (AvgIpc) is 2.83. The summed E-state index contributed by atoms with van der Waals surface area (Å²) in [6, 6.07) is 2.39. The second-order valence-electron chi connectivity index (χ2n) is 4.81. The molecule has 0 aromatic carbocycles. The smallest absolute Gasteiger partial charge is 0.0596 e. The number of aryl methyl sites for hydroxylation is 3. The van der Waals surface area contributed by atoms with Gasteiger partial charge in [0.25, 0.3) is 0 Å². The van der Waals surface area contributed by atoms with E-state index < -0.39 is 0 Å². The highest BCUT2D eigenvalue weighted by Crippen LogP contribution is 2.34. The van der Waals surface area contributed by atoms with E-state index in [-0.39, 0.29) is 6.04 Å². The average molecular weight is 298 g/mol. The molecule has 0 radical (unpaired) electrons. The number of hydrogen-bond donors (Lipinski definition) is 1. The Hall–Kier alpha value is -0.840. The molecule has 0 aliphatic heterocycles. The molecular weight excluding hydrogens is 278 g/mol. The van der Waals surface area contributed by atoms with E-state index in [2.05, 4.69) is 35.7 Å². The van der Waals surface area contributed by atoms with Crippen molar-refractivity contribution in [3.63, 3.8) is 0 Å². The summed E-state index contributed by atoms with van der Waals surface area (Å²) in [4.78, 5) is 1.22. The van der Waals surface area contributed by atoms with Gasteiger partial charge in [-0.1, -0.05) is 18.5 Å². The first kappa shape index (κ1) is 14.6. The molecule has 5 heteroatoms. The fourth-order valence-corrected chi connectivity index (χ4v) is 3.65. The predicted octanol–water partition coefficient (Wildman–Crippen LogP) is 3.65. The maximum Gasteiger partial charge on any atom is 0.0596 e. The molecule has 0 fully saturated rings. The van der Waals surface area contributed by atoms with Crippen LogP contribution in [-0.2, 0) is 13.5 Å². The van der Waals surface area contributed by atoms with Crippen LogP contribution in [0.25, 0.3) is 0 Å². The molecule has 3 nitrogen and oxygen atoms in total. The van der Waals surface area contributed by atoms with Gasteiger partial charge in [0.05, 0.1) is 10.7 Å². The Balaban J connectivity index is 2.26. The largest absolute Gasteiger partial charge is 0.309 e. The van der Waals surface area contributed by atoms with Gasteiger partial charge in [-0.3, -0.25) is 4.68 Å². The fourth-order valence-electron chi connectivity index (χ4n) is 2.25. The Morgan fingerprint density at radius 1 is 1.47 bits per heavy atom. The summed E-state index contributed by atoms with van der Waals surface area (Å²) in [6.07, 6.45) is 0.908. The van der Waals surface area contributed by atoms with Gasteiger partial charge in [0.2, 0.25) is 0 Å². The molecule has 0 amide bonds. The molecule has 1 unspecified atom stereocenters. The van der Waals surface area contributed by atoms with E-state index in [1.54, 1.807) is 11.3 Å². The molecule has 0 bridgehead atoms. The SMILES string of the molecule is CCNC(Cc1cc(C)nn1C)c1scc(C)c1Cl.